The molecule has 0 atom stereocenters. The molecule has 0 aliphatic carbocycles. The quantitative estimate of drug-likeness (QED) is 0.161. The molecule has 0 saturated carbocycles. The van der Waals surface area contributed by atoms with Crippen LogP contribution in [0.3, 0.4) is 0 Å². The lowest BCUT2D eigenvalue weighted by molar-refractivity contribution is 0.978. The average molecular weight is 694 g/mol. The Labute approximate surface area is 313 Å². The van der Waals surface area contributed by atoms with Gasteiger partial charge in [-0.1, -0.05) is 176 Å². The van der Waals surface area contributed by atoms with Crippen LogP contribution in [0.2, 0.25) is 0 Å². The molecule has 10 rings (SSSR count). The molecule has 10 aromatic rings. The summed E-state index contributed by atoms with van der Waals surface area (Å²) >= 11 is 1.91. The largest absolute Gasteiger partial charge is 0.337 e. The predicted octanol–water partition coefficient (Wildman–Crippen LogP) is 14.7. The van der Waals surface area contributed by atoms with Crippen molar-refractivity contribution in [2.75, 3.05) is 4.90 Å². The summed E-state index contributed by atoms with van der Waals surface area (Å²) in [4.78, 5) is 2.45. The number of benzene rings is 9. The van der Waals surface area contributed by atoms with Crippen molar-refractivity contribution in [1.82, 2.24) is 0 Å². The third-order valence-corrected chi connectivity index (χ3v) is 11.9. The number of rotatable bonds is 7. The topological polar surface area (TPSA) is 3.24 Å². The predicted molar refractivity (Wildman–Crippen MR) is 229 cm³/mol. The number of hydrogen-bond donors (Lipinski definition) is 0. The van der Waals surface area contributed by atoms with E-state index in [0.29, 0.717) is 0 Å². The van der Waals surface area contributed by atoms with Crippen molar-refractivity contribution < 1.29 is 0 Å². The third-order valence-electron chi connectivity index (χ3n) is 10.6. The summed E-state index contributed by atoms with van der Waals surface area (Å²) < 4.78 is 2.70. The lowest BCUT2D eigenvalue weighted by Crippen LogP contribution is -2.17. The molecule has 0 fully saturated rings. The van der Waals surface area contributed by atoms with Gasteiger partial charge in [0.2, 0.25) is 0 Å². The average Bonchev–Trinajstić information content (AvgIpc) is 3.63. The SMILES string of the molecule is c1ccc(-c2ccc(N(Cc3ccccc3-c3cccc4ccccc34)c3ccc(-c4cccc5c4sc4c6ccccc6ccc54)cc3)cc2)cc1. The Morgan fingerprint density at radius 3 is 1.64 bits per heavy atom. The Morgan fingerprint density at radius 2 is 0.849 bits per heavy atom. The van der Waals surface area contributed by atoms with Gasteiger partial charge in [-0.25, -0.2) is 0 Å². The first-order chi connectivity index (χ1) is 26.3. The summed E-state index contributed by atoms with van der Waals surface area (Å²) in [5.74, 6) is 0. The van der Waals surface area contributed by atoms with Crippen LogP contribution in [0.5, 0.6) is 0 Å². The minimum absolute atomic E-state index is 0.725. The van der Waals surface area contributed by atoms with Gasteiger partial charge in [0.1, 0.15) is 0 Å². The zero-order valence-corrected chi connectivity index (χ0v) is 29.9. The minimum atomic E-state index is 0.725. The molecule has 2 heteroatoms. The first kappa shape index (κ1) is 31.3. The summed E-state index contributed by atoms with van der Waals surface area (Å²) in [6.07, 6.45) is 0. The second kappa shape index (κ2) is 13.2. The van der Waals surface area contributed by atoms with E-state index in [4.69, 9.17) is 0 Å². The highest BCUT2D eigenvalue weighted by atomic mass is 32.1. The van der Waals surface area contributed by atoms with Crippen LogP contribution in [0.15, 0.2) is 200 Å². The third kappa shape index (κ3) is 5.65. The smallest absolute Gasteiger partial charge is 0.0487 e. The van der Waals surface area contributed by atoms with Crippen molar-refractivity contribution in [2.45, 2.75) is 6.54 Å². The van der Waals surface area contributed by atoms with Gasteiger partial charge in [-0.05, 0) is 84.8 Å². The summed E-state index contributed by atoms with van der Waals surface area (Å²) in [5, 5.41) is 7.79. The van der Waals surface area contributed by atoms with E-state index in [2.05, 4.69) is 205 Å². The molecule has 0 unspecified atom stereocenters. The Balaban J connectivity index is 1.07. The molecule has 1 nitrogen and oxygen atoms in total. The van der Waals surface area contributed by atoms with E-state index in [9.17, 15) is 0 Å². The van der Waals surface area contributed by atoms with Gasteiger partial charge in [0, 0.05) is 38.1 Å². The molecule has 0 radical (unpaired) electrons. The van der Waals surface area contributed by atoms with Gasteiger partial charge in [-0.3, -0.25) is 0 Å². The maximum absolute atomic E-state index is 2.45. The summed E-state index contributed by atoms with van der Waals surface area (Å²) in [6, 6.07) is 73.0. The number of thiophene rings is 1. The summed E-state index contributed by atoms with van der Waals surface area (Å²) in [5.41, 5.74) is 11.1. The Morgan fingerprint density at radius 1 is 0.321 bits per heavy atom. The first-order valence-electron chi connectivity index (χ1n) is 18.2. The van der Waals surface area contributed by atoms with Gasteiger partial charge in [-0.2, -0.15) is 0 Å². The molecule has 0 aliphatic rings. The lowest BCUT2D eigenvalue weighted by Gasteiger charge is -2.27. The fraction of sp³-hybridized carbons (Fsp3) is 0.0196. The van der Waals surface area contributed by atoms with E-state index in [1.54, 1.807) is 0 Å². The molecule has 0 bridgehead atoms. The van der Waals surface area contributed by atoms with Gasteiger partial charge in [0.25, 0.3) is 0 Å². The van der Waals surface area contributed by atoms with E-state index < -0.39 is 0 Å². The highest BCUT2D eigenvalue weighted by molar-refractivity contribution is 7.27. The van der Waals surface area contributed by atoms with Crippen molar-refractivity contribution in [1.29, 1.82) is 0 Å². The molecule has 1 aromatic heterocycles. The number of fused-ring (bicyclic) bond motifs is 6. The summed E-state index contributed by atoms with van der Waals surface area (Å²) in [6.45, 7) is 0.725. The van der Waals surface area contributed by atoms with Gasteiger partial charge >= 0.3 is 0 Å². The van der Waals surface area contributed by atoms with Crippen LogP contribution in [0.25, 0.3) is 75.1 Å². The number of nitrogens with zero attached hydrogens (tertiary/aromatic N) is 1. The Hall–Kier alpha value is -6.48. The fourth-order valence-corrected chi connectivity index (χ4v) is 9.29. The molecule has 53 heavy (non-hydrogen) atoms. The first-order valence-corrected chi connectivity index (χ1v) is 19.0. The second-order valence-corrected chi connectivity index (χ2v) is 14.7. The van der Waals surface area contributed by atoms with Gasteiger partial charge in [0.05, 0.1) is 0 Å². The highest BCUT2D eigenvalue weighted by Crippen LogP contribution is 2.43. The standard InChI is InChI=1S/C51H35NS/c1-2-12-35(13-3-1)36-24-29-41(30-25-36)52(34-40-16-6-8-19-44(40)47-22-10-17-37-14-4-7-18-43(37)47)42-31-26-39(27-32-42)46-21-11-23-48-49-33-28-38-15-5-9-20-45(38)51(49)53-50(46)48/h1-33H,34H2. The molecule has 0 spiro atoms. The van der Waals surface area contributed by atoms with Crippen molar-refractivity contribution in [3.05, 3.63) is 206 Å². The van der Waals surface area contributed by atoms with Gasteiger partial charge in [0.15, 0.2) is 0 Å². The summed E-state index contributed by atoms with van der Waals surface area (Å²) in [7, 11) is 0. The Bertz CT molecular complexity index is 2900. The van der Waals surface area contributed by atoms with Crippen LogP contribution >= 0.6 is 11.3 Å². The minimum Gasteiger partial charge on any atom is -0.337 e. The lowest BCUT2D eigenvalue weighted by atomic mass is 9.94. The van der Waals surface area contributed by atoms with E-state index in [1.165, 1.54) is 80.7 Å². The van der Waals surface area contributed by atoms with Crippen LogP contribution in [0.4, 0.5) is 11.4 Å². The van der Waals surface area contributed by atoms with Crippen molar-refractivity contribution in [3.8, 4) is 33.4 Å². The van der Waals surface area contributed by atoms with Gasteiger partial charge in [-0.15, -0.1) is 11.3 Å². The molecule has 0 amide bonds. The molecule has 0 N–H and O–H groups in total. The highest BCUT2D eigenvalue weighted by Gasteiger charge is 2.17. The Kier molecular flexibility index (Phi) is 7.82. The molecule has 9 aromatic carbocycles. The molecule has 0 saturated heterocycles. The van der Waals surface area contributed by atoms with E-state index in [0.717, 1.165) is 17.9 Å². The van der Waals surface area contributed by atoms with Crippen LogP contribution in [0.1, 0.15) is 5.56 Å². The second-order valence-electron chi connectivity index (χ2n) is 13.7. The maximum Gasteiger partial charge on any atom is 0.0487 e. The fourth-order valence-electron chi connectivity index (χ4n) is 7.92. The number of hydrogen-bond acceptors (Lipinski definition) is 2. The zero-order chi connectivity index (χ0) is 35.1. The molecule has 0 aliphatic heterocycles. The van der Waals surface area contributed by atoms with Crippen molar-refractivity contribution in [2.24, 2.45) is 0 Å². The van der Waals surface area contributed by atoms with Crippen LogP contribution in [-0.4, -0.2) is 0 Å². The molecule has 250 valence electrons. The van der Waals surface area contributed by atoms with E-state index >= 15 is 0 Å². The van der Waals surface area contributed by atoms with E-state index in [-0.39, 0.29) is 0 Å². The van der Waals surface area contributed by atoms with Gasteiger partial charge < -0.3 is 4.90 Å². The van der Waals surface area contributed by atoms with Crippen LogP contribution in [0, 0.1) is 0 Å². The normalized spacial score (nSPS) is 11.5. The molecular formula is C51H35NS. The van der Waals surface area contributed by atoms with Crippen molar-refractivity contribution in [3.63, 3.8) is 0 Å². The van der Waals surface area contributed by atoms with Crippen LogP contribution in [-0.2, 0) is 6.54 Å². The zero-order valence-electron chi connectivity index (χ0n) is 29.1. The van der Waals surface area contributed by atoms with Crippen molar-refractivity contribution >= 4 is 64.4 Å². The monoisotopic (exact) mass is 693 g/mol. The molecular weight excluding hydrogens is 659 g/mol. The maximum atomic E-state index is 2.45. The van der Waals surface area contributed by atoms with Crippen LogP contribution < -0.4 is 4.90 Å². The van der Waals surface area contributed by atoms with E-state index in [1.807, 2.05) is 11.3 Å². The molecule has 1 heterocycles. The number of anilines is 2.